The number of aromatic nitrogens is 2. The lowest BCUT2D eigenvalue weighted by Gasteiger charge is -2.15. The summed E-state index contributed by atoms with van der Waals surface area (Å²) in [6.07, 6.45) is 1.41. The number of hydrogen-bond acceptors (Lipinski definition) is 5. The molecule has 0 radical (unpaired) electrons. The summed E-state index contributed by atoms with van der Waals surface area (Å²) in [6, 6.07) is 28.2. The van der Waals surface area contributed by atoms with Gasteiger partial charge in [-0.1, -0.05) is 72.4 Å². The molecule has 0 atom stereocenters. The van der Waals surface area contributed by atoms with E-state index in [0.29, 0.717) is 12.1 Å². The van der Waals surface area contributed by atoms with Crippen LogP contribution in [-0.4, -0.2) is 28.6 Å². The number of carbonyl (C=O) groups excluding carboxylic acids is 2. The molecule has 3 aromatic carbocycles. The van der Waals surface area contributed by atoms with Gasteiger partial charge in [0.25, 0.3) is 0 Å². The molecule has 182 valence electrons. The van der Waals surface area contributed by atoms with Crippen molar-refractivity contribution in [2.45, 2.75) is 36.5 Å². The maximum atomic E-state index is 12.0. The first-order valence-electron chi connectivity index (χ1n) is 11.7. The van der Waals surface area contributed by atoms with E-state index in [1.54, 1.807) is 11.8 Å². The molecule has 0 spiro atoms. The number of rotatable bonds is 9. The third-order valence-electron chi connectivity index (χ3n) is 5.61. The molecule has 0 aliphatic heterocycles. The smallest absolute Gasteiger partial charge is 0.243 e. The predicted octanol–water partition coefficient (Wildman–Crippen LogP) is 5.19. The van der Waals surface area contributed by atoms with Crippen LogP contribution >= 0.6 is 11.8 Å². The molecule has 7 heteroatoms. The van der Waals surface area contributed by atoms with Crippen molar-refractivity contribution < 1.29 is 9.59 Å². The van der Waals surface area contributed by atoms with E-state index in [2.05, 4.69) is 52.0 Å². The van der Waals surface area contributed by atoms with Crippen LogP contribution < -0.4 is 10.6 Å². The van der Waals surface area contributed by atoms with E-state index in [-0.39, 0.29) is 18.4 Å². The molecular weight excluding hydrogens is 468 g/mol. The summed E-state index contributed by atoms with van der Waals surface area (Å²) < 4.78 is 0. The molecule has 1 aromatic heterocycles. The van der Waals surface area contributed by atoms with Crippen molar-refractivity contribution >= 4 is 29.3 Å². The van der Waals surface area contributed by atoms with Crippen LogP contribution in [0, 0.1) is 6.92 Å². The molecule has 0 aliphatic carbocycles. The summed E-state index contributed by atoms with van der Waals surface area (Å²) in [5.41, 5.74) is 6.07. The summed E-state index contributed by atoms with van der Waals surface area (Å²) in [4.78, 5) is 25.1. The van der Waals surface area contributed by atoms with Gasteiger partial charge in [0.1, 0.15) is 0 Å². The zero-order valence-corrected chi connectivity index (χ0v) is 21.1. The second-order valence-electron chi connectivity index (χ2n) is 8.46. The number of nitrogens with one attached hydrogen (secondary N) is 2. The highest BCUT2D eigenvalue weighted by molar-refractivity contribution is 7.99. The van der Waals surface area contributed by atoms with Crippen molar-refractivity contribution in [2.24, 2.45) is 0 Å². The highest BCUT2D eigenvalue weighted by Crippen LogP contribution is 2.35. The molecule has 0 aliphatic rings. The molecule has 0 saturated carbocycles. The molecular formula is C29H28N4O2S. The second-order valence-corrected chi connectivity index (χ2v) is 9.54. The summed E-state index contributed by atoms with van der Waals surface area (Å²) in [6.45, 7) is 3.44. The van der Waals surface area contributed by atoms with E-state index in [0.717, 1.165) is 33.2 Å². The average molecular weight is 497 g/mol. The van der Waals surface area contributed by atoms with Crippen LogP contribution in [-0.2, 0) is 22.4 Å². The molecule has 4 aromatic rings. The molecule has 6 nitrogen and oxygen atoms in total. The zero-order valence-electron chi connectivity index (χ0n) is 20.3. The van der Waals surface area contributed by atoms with Gasteiger partial charge in [-0.15, -0.1) is 0 Å². The standard InChI is InChI=1S/C29H28N4O2S/c1-20-26(17-22-9-5-3-6-10-22)32-33-27(18-23-11-7-4-8-12-23)29(20)36-25-15-13-24(14-16-25)31-28(35)19-30-21(2)34/h3-16H,17-19H2,1-2H3,(H,30,34)(H,31,35). The Balaban J connectivity index is 1.57. The zero-order chi connectivity index (χ0) is 25.3. The predicted molar refractivity (Wildman–Crippen MR) is 143 cm³/mol. The van der Waals surface area contributed by atoms with E-state index in [9.17, 15) is 9.59 Å². The molecule has 1 heterocycles. The Morgan fingerprint density at radius 2 is 1.33 bits per heavy atom. The number of anilines is 1. The Labute approximate surface area is 215 Å². The first kappa shape index (κ1) is 25.1. The summed E-state index contributed by atoms with van der Waals surface area (Å²) in [7, 11) is 0. The van der Waals surface area contributed by atoms with Crippen molar-refractivity contribution in [3.05, 3.63) is 113 Å². The van der Waals surface area contributed by atoms with Crippen molar-refractivity contribution in [3.8, 4) is 0 Å². The van der Waals surface area contributed by atoms with Crippen LogP contribution in [0.5, 0.6) is 0 Å². The number of amides is 2. The van der Waals surface area contributed by atoms with Crippen molar-refractivity contribution in [1.29, 1.82) is 0 Å². The third kappa shape index (κ3) is 7.02. The lowest BCUT2D eigenvalue weighted by molar-refractivity contribution is -0.122. The van der Waals surface area contributed by atoms with Gasteiger partial charge in [0.05, 0.1) is 17.9 Å². The second kappa shape index (κ2) is 12.1. The van der Waals surface area contributed by atoms with Crippen LogP contribution in [0.3, 0.4) is 0 Å². The minimum atomic E-state index is -0.268. The third-order valence-corrected chi connectivity index (χ3v) is 6.87. The van der Waals surface area contributed by atoms with E-state index in [1.807, 2.05) is 60.7 Å². The van der Waals surface area contributed by atoms with E-state index in [4.69, 9.17) is 0 Å². The lowest BCUT2D eigenvalue weighted by atomic mass is 10.0. The van der Waals surface area contributed by atoms with Gasteiger partial charge < -0.3 is 10.6 Å². The molecule has 0 fully saturated rings. The Morgan fingerprint density at radius 1 is 0.778 bits per heavy atom. The van der Waals surface area contributed by atoms with Gasteiger partial charge in [-0.2, -0.15) is 10.2 Å². The van der Waals surface area contributed by atoms with E-state index < -0.39 is 0 Å². The van der Waals surface area contributed by atoms with Gasteiger partial charge in [0.2, 0.25) is 11.8 Å². The van der Waals surface area contributed by atoms with Crippen LogP contribution in [0.2, 0.25) is 0 Å². The summed E-state index contributed by atoms with van der Waals surface area (Å²) in [5.74, 6) is -0.508. The molecule has 2 amide bonds. The fourth-order valence-electron chi connectivity index (χ4n) is 3.72. The number of benzene rings is 3. The Bertz CT molecular complexity index is 1330. The number of hydrogen-bond donors (Lipinski definition) is 2. The quantitative estimate of drug-likeness (QED) is 0.333. The first-order chi connectivity index (χ1) is 17.5. The SMILES string of the molecule is CC(=O)NCC(=O)Nc1ccc(Sc2c(Cc3ccccc3)nnc(Cc3ccccc3)c2C)cc1. The fraction of sp³-hybridized carbons (Fsp3) is 0.172. The van der Waals surface area contributed by atoms with Crippen molar-refractivity contribution in [1.82, 2.24) is 15.5 Å². The van der Waals surface area contributed by atoms with Crippen LogP contribution in [0.4, 0.5) is 5.69 Å². The topological polar surface area (TPSA) is 84.0 Å². The van der Waals surface area contributed by atoms with E-state index in [1.165, 1.54) is 18.1 Å². The minimum Gasteiger partial charge on any atom is -0.347 e. The van der Waals surface area contributed by atoms with Gasteiger partial charge in [0, 0.05) is 35.2 Å². The molecule has 36 heavy (non-hydrogen) atoms. The molecule has 0 unspecified atom stereocenters. The summed E-state index contributed by atoms with van der Waals surface area (Å²) in [5, 5.41) is 14.6. The fourth-order valence-corrected chi connectivity index (χ4v) is 4.73. The maximum Gasteiger partial charge on any atom is 0.243 e. The Hall–Kier alpha value is -3.97. The Kier molecular flexibility index (Phi) is 8.47. The highest BCUT2D eigenvalue weighted by atomic mass is 32.2. The van der Waals surface area contributed by atoms with Gasteiger partial charge in [-0.05, 0) is 47.9 Å². The first-order valence-corrected chi connectivity index (χ1v) is 12.5. The van der Waals surface area contributed by atoms with Crippen LogP contribution in [0.1, 0.15) is 35.0 Å². The highest BCUT2D eigenvalue weighted by Gasteiger charge is 2.16. The monoisotopic (exact) mass is 496 g/mol. The minimum absolute atomic E-state index is 0.0548. The molecule has 0 bridgehead atoms. The average Bonchev–Trinajstić information content (AvgIpc) is 2.89. The van der Waals surface area contributed by atoms with Crippen molar-refractivity contribution in [3.63, 3.8) is 0 Å². The normalized spacial score (nSPS) is 10.6. The van der Waals surface area contributed by atoms with Gasteiger partial charge in [-0.3, -0.25) is 9.59 Å². The number of nitrogens with zero attached hydrogens (tertiary/aromatic N) is 2. The summed E-state index contributed by atoms with van der Waals surface area (Å²) >= 11 is 1.65. The van der Waals surface area contributed by atoms with Crippen LogP contribution in [0.25, 0.3) is 0 Å². The molecule has 2 N–H and O–H groups in total. The van der Waals surface area contributed by atoms with Crippen LogP contribution in [0.15, 0.2) is 94.7 Å². The Morgan fingerprint density at radius 3 is 1.92 bits per heavy atom. The lowest BCUT2D eigenvalue weighted by Crippen LogP contribution is -2.31. The molecule has 0 saturated heterocycles. The maximum absolute atomic E-state index is 12.0. The van der Waals surface area contributed by atoms with Gasteiger partial charge in [-0.25, -0.2) is 0 Å². The van der Waals surface area contributed by atoms with Gasteiger partial charge in [0.15, 0.2) is 0 Å². The molecule has 4 rings (SSSR count). The van der Waals surface area contributed by atoms with Crippen molar-refractivity contribution in [2.75, 3.05) is 11.9 Å². The van der Waals surface area contributed by atoms with E-state index >= 15 is 0 Å². The number of carbonyl (C=O) groups is 2. The largest absolute Gasteiger partial charge is 0.347 e. The van der Waals surface area contributed by atoms with Gasteiger partial charge >= 0.3 is 0 Å².